The Morgan fingerprint density at radius 2 is 2.00 bits per heavy atom. The van der Waals surface area contributed by atoms with Gasteiger partial charge in [-0.3, -0.25) is 9.78 Å². The van der Waals surface area contributed by atoms with Crippen LogP contribution in [0.25, 0.3) is 0 Å². The molecule has 3 heteroatoms. The predicted molar refractivity (Wildman–Crippen MR) is 86.6 cm³/mol. The smallest absolute Gasteiger partial charge is 0.303 e. The third-order valence-corrected chi connectivity index (χ3v) is 5.84. The summed E-state index contributed by atoms with van der Waals surface area (Å²) in [4.78, 5) is 14.9. The molecule has 2 saturated carbocycles. The maximum atomic E-state index is 10.5. The van der Waals surface area contributed by atoms with Gasteiger partial charge >= 0.3 is 5.97 Å². The Hall–Kier alpha value is -1.38. The van der Waals surface area contributed by atoms with Crippen molar-refractivity contribution in [3.63, 3.8) is 0 Å². The van der Waals surface area contributed by atoms with Crippen molar-refractivity contribution in [2.75, 3.05) is 0 Å². The van der Waals surface area contributed by atoms with Gasteiger partial charge in [-0.25, -0.2) is 0 Å². The van der Waals surface area contributed by atoms with Gasteiger partial charge in [0.1, 0.15) is 0 Å². The first kappa shape index (κ1) is 15.5. The Bertz CT molecular complexity index is 487. The van der Waals surface area contributed by atoms with Crippen LogP contribution in [0.15, 0.2) is 24.5 Å². The summed E-state index contributed by atoms with van der Waals surface area (Å²) in [6, 6.07) is 4.34. The zero-order valence-corrected chi connectivity index (χ0v) is 13.3. The van der Waals surface area contributed by atoms with Crippen LogP contribution in [-0.4, -0.2) is 16.1 Å². The van der Waals surface area contributed by atoms with Gasteiger partial charge in [0.2, 0.25) is 0 Å². The molecule has 4 atom stereocenters. The van der Waals surface area contributed by atoms with E-state index in [4.69, 9.17) is 5.11 Å². The lowest BCUT2D eigenvalue weighted by atomic mass is 9.74. The molecule has 2 aliphatic carbocycles. The second-order valence-corrected chi connectivity index (χ2v) is 7.16. The molecule has 2 fully saturated rings. The van der Waals surface area contributed by atoms with Crippen LogP contribution in [0.2, 0.25) is 0 Å². The molecule has 0 amide bonds. The van der Waals surface area contributed by atoms with Crippen LogP contribution in [0.1, 0.15) is 69.3 Å². The van der Waals surface area contributed by atoms with E-state index in [0.717, 1.165) is 36.5 Å². The maximum absolute atomic E-state index is 10.5. The van der Waals surface area contributed by atoms with Gasteiger partial charge in [-0.2, -0.15) is 0 Å². The van der Waals surface area contributed by atoms with Gasteiger partial charge in [-0.1, -0.05) is 25.3 Å². The van der Waals surface area contributed by atoms with Gasteiger partial charge < -0.3 is 5.11 Å². The van der Waals surface area contributed by atoms with E-state index in [1.807, 2.05) is 6.20 Å². The number of aliphatic carboxylic acids is 1. The largest absolute Gasteiger partial charge is 0.481 e. The first-order valence-corrected chi connectivity index (χ1v) is 8.87. The highest BCUT2D eigenvalue weighted by atomic mass is 16.4. The average Bonchev–Trinajstić information content (AvgIpc) is 3.12. The first-order chi connectivity index (χ1) is 10.8. The zero-order valence-electron chi connectivity index (χ0n) is 13.3. The summed E-state index contributed by atoms with van der Waals surface area (Å²) in [6.45, 7) is 0. The van der Waals surface area contributed by atoms with Crippen molar-refractivity contribution < 1.29 is 9.90 Å². The van der Waals surface area contributed by atoms with Gasteiger partial charge in [0.25, 0.3) is 0 Å². The third-order valence-electron chi connectivity index (χ3n) is 5.84. The van der Waals surface area contributed by atoms with Gasteiger partial charge in [-0.05, 0) is 67.4 Å². The fourth-order valence-electron chi connectivity index (χ4n) is 4.93. The summed E-state index contributed by atoms with van der Waals surface area (Å²) in [5, 5.41) is 8.67. The molecule has 2 bridgehead atoms. The summed E-state index contributed by atoms with van der Waals surface area (Å²) >= 11 is 0. The number of unbranched alkanes of at least 4 members (excludes halogenated alkanes) is 3. The third kappa shape index (κ3) is 3.50. The predicted octanol–water partition coefficient (Wildman–Crippen LogP) is 4.64. The molecule has 120 valence electrons. The number of fused-ring (bicyclic) bond motifs is 2. The molecular weight excluding hydrogens is 274 g/mol. The molecule has 3 nitrogen and oxygen atoms in total. The van der Waals surface area contributed by atoms with E-state index in [1.165, 1.54) is 44.1 Å². The number of nitrogens with zero attached hydrogens (tertiary/aromatic N) is 1. The van der Waals surface area contributed by atoms with E-state index in [1.54, 1.807) is 0 Å². The van der Waals surface area contributed by atoms with Crippen LogP contribution in [-0.2, 0) is 4.79 Å². The van der Waals surface area contributed by atoms with E-state index >= 15 is 0 Å². The van der Waals surface area contributed by atoms with Crippen molar-refractivity contribution in [3.8, 4) is 0 Å². The molecule has 0 spiro atoms. The van der Waals surface area contributed by atoms with Gasteiger partial charge in [-0.15, -0.1) is 0 Å². The van der Waals surface area contributed by atoms with Crippen LogP contribution >= 0.6 is 0 Å². The van der Waals surface area contributed by atoms with Crippen molar-refractivity contribution in [1.29, 1.82) is 0 Å². The van der Waals surface area contributed by atoms with E-state index in [-0.39, 0.29) is 0 Å². The van der Waals surface area contributed by atoms with E-state index < -0.39 is 5.97 Å². The second kappa shape index (κ2) is 7.26. The van der Waals surface area contributed by atoms with Gasteiger partial charge in [0.15, 0.2) is 0 Å². The summed E-state index contributed by atoms with van der Waals surface area (Å²) in [5.74, 6) is 2.71. The molecule has 1 aromatic heterocycles. The molecule has 3 rings (SSSR count). The molecule has 2 aliphatic rings. The van der Waals surface area contributed by atoms with E-state index in [0.29, 0.717) is 6.42 Å². The molecule has 0 radical (unpaired) electrons. The number of hydrogen-bond acceptors (Lipinski definition) is 2. The molecule has 22 heavy (non-hydrogen) atoms. The molecule has 1 N–H and O–H groups in total. The number of pyridine rings is 1. The van der Waals surface area contributed by atoms with Gasteiger partial charge in [0, 0.05) is 18.8 Å². The highest BCUT2D eigenvalue weighted by molar-refractivity contribution is 5.66. The monoisotopic (exact) mass is 301 g/mol. The van der Waals surface area contributed by atoms with Crippen LogP contribution in [0.5, 0.6) is 0 Å². The first-order valence-electron chi connectivity index (χ1n) is 8.87. The van der Waals surface area contributed by atoms with Crippen molar-refractivity contribution in [3.05, 3.63) is 30.1 Å². The fourth-order valence-corrected chi connectivity index (χ4v) is 4.93. The van der Waals surface area contributed by atoms with E-state index in [2.05, 4.69) is 23.3 Å². The molecule has 0 unspecified atom stereocenters. The lowest BCUT2D eigenvalue weighted by Crippen LogP contribution is -2.20. The Labute approximate surface area is 133 Å². The second-order valence-electron chi connectivity index (χ2n) is 7.16. The fraction of sp³-hybridized carbons (Fsp3) is 0.684. The minimum absolute atomic E-state index is 0.326. The Morgan fingerprint density at radius 3 is 2.77 bits per heavy atom. The summed E-state index contributed by atoms with van der Waals surface area (Å²) in [6.07, 6.45) is 14.2. The lowest BCUT2D eigenvalue weighted by molar-refractivity contribution is -0.137. The molecule has 1 heterocycles. The molecule has 0 saturated heterocycles. The lowest BCUT2D eigenvalue weighted by Gasteiger charge is -2.31. The number of carboxylic acids is 1. The number of aromatic nitrogens is 1. The Morgan fingerprint density at radius 1 is 1.18 bits per heavy atom. The van der Waals surface area contributed by atoms with Crippen molar-refractivity contribution >= 4 is 5.97 Å². The topological polar surface area (TPSA) is 50.2 Å². The van der Waals surface area contributed by atoms with E-state index in [9.17, 15) is 4.79 Å². The molecule has 0 aliphatic heterocycles. The summed E-state index contributed by atoms with van der Waals surface area (Å²) in [7, 11) is 0. The molecule has 1 aromatic rings. The molecule has 0 aromatic carbocycles. The normalized spacial score (nSPS) is 29.8. The highest BCUT2D eigenvalue weighted by Crippen LogP contribution is 2.58. The van der Waals surface area contributed by atoms with Crippen molar-refractivity contribution in [2.45, 2.75) is 63.7 Å². The zero-order chi connectivity index (χ0) is 15.4. The maximum Gasteiger partial charge on any atom is 0.303 e. The Kier molecular flexibility index (Phi) is 5.12. The number of hydrogen-bond donors (Lipinski definition) is 1. The highest BCUT2D eigenvalue weighted by Gasteiger charge is 2.47. The molecular formula is C19H27NO2. The van der Waals surface area contributed by atoms with Crippen molar-refractivity contribution in [2.24, 2.45) is 17.8 Å². The van der Waals surface area contributed by atoms with Crippen molar-refractivity contribution in [1.82, 2.24) is 4.98 Å². The SMILES string of the molecule is O=C(O)CCCCCC[C@H]1[C@H]2CC[C@H](C2)[C@H]1c1cccnc1. The Balaban J connectivity index is 1.50. The van der Waals surface area contributed by atoms with Crippen LogP contribution in [0, 0.1) is 17.8 Å². The number of carboxylic acid groups (broad SMARTS) is 1. The standard InChI is InChI=1S/C19H27NO2/c21-18(22)8-4-2-1-3-7-17-14-9-10-15(12-14)19(17)16-6-5-11-20-13-16/h5-6,11,13-15,17,19H,1-4,7-10,12H2,(H,21,22)/t14-,15+,17-,19-/m0/s1. The number of carbonyl (C=O) groups is 1. The average molecular weight is 301 g/mol. The van der Waals surface area contributed by atoms with Crippen LogP contribution in [0.3, 0.4) is 0 Å². The minimum Gasteiger partial charge on any atom is -0.481 e. The quantitative estimate of drug-likeness (QED) is 0.712. The summed E-state index contributed by atoms with van der Waals surface area (Å²) in [5.41, 5.74) is 1.45. The minimum atomic E-state index is -0.662. The van der Waals surface area contributed by atoms with Crippen LogP contribution in [0.4, 0.5) is 0 Å². The van der Waals surface area contributed by atoms with Gasteiger partial charge in [0.05, 0.1) is 0 Å². The number of rotatable bonds is 8. The summed E-state index contributed by atoms with van der Waals surface area (Å²) < 4.78 is 0. The van der Waals surface area contributed by atoms with Crippen LogP contribution < -0.4 is 0 Å².